The minimum absolute atomic E-state index is 0.144. The van der Waals surface area contributed by atoms with Crippen LogP contribution in [0.15, 0.2) is 108 Å². The van der Waals surface area contributed by atoms with Crippen molar-refractivity contribution in [3.8, 4) is 0 Å². The van der Waals surface area contributed by atoms with E-state index in [1.54, 1.807) is 12.1 Å². The third-order valence-corrected chi connectivity index (χ3v) is 8.19. The Kier molecular flexibility index (Phi) is 4.57. The molecule has 4 aliphatic rings. The number of benzene rings is 4. The van der Waals surface area contributed by atoms with Gasteiger partial charge in [-0.15, -0.1) is 0 Å². The van der Waals surface area contributed by atoms with Crippen LogP contribution in [0.1, 0.15) is 28.2 Å². The van der Waals surface area contributed by atoms with Crippen molar-refractivity contribution in [2.75, 3.05) is 4.90 Å². The Balaban J connectivity index is 1.51. The highest BCUT2D eigenvalue weighted by Gasteiger charge is 2.67. The van der Waals surface area contributed by atoms with Gasteiger partial charge in [0.25, 0.3) is 0 Å². The van der Waals surface area contributed by atoms with Gasteiger partial charge < -0.3 is 0 Å². The number of carbonyl (C=O) groups excluding carboxylic acids is 2. The minimum Gasteiger partial charge on any atom is -0.274 e. The molecule has 0 radical (unpaired) electrons. The Bertz CT molecular complexity index is 1510. The van der Waals surface area contributed by atoms with Gasteiger partial charge in [0.05, 0.1) is 28.6 Å². The molecule has 2 unspecified atom stereocenters. The van der Waals surface area contributed by atoms with E-state index in [0.29, 0.717) is 10.7 Å². The van der Waals surface area contributed by atoms with Crippen LogP contribution in [0.5, 0.6) is 0 Å². The maximum atomic E-state index is 14.2. The molecule has 1 fully saturated rings. The van der Waals surface area contributed by atoms with Gasteiger partial charge in [0.15, 0.2) is 0 Å². The molecule has 174 valence electrons. The van der Waals surface area contributed by atoms with Gasteiger partial charge in [0, 0.05) is 17.2 Å². The number of amides is 2. The lowest BCUT2D eigenvalue weighted by Crippen LogP contribution is -2.54. The van der Waals surface area contributed by atoms with Gasteiger partial charge in [-0.05, 0) is 58.7 Å². The first-order valence-electron chi connectivity index (χ1n) is 12.0. The summed E-state index contributed by atoms with van der Waals surface area (Å²) < 4.78 is 0. The van der Waals surface area contributed by atoms with E-state index in [-0.39, 0.29) is 17.7 Å². The van der Waals surface area contributed by atoms with Crippen molar-refractivity contribution >= 4 is 41.0 Å². The van der Waals surface area contributed by atoms with Gasteiger partial charge in [-0.1, -0.05) is 78.3 Å². The van der Waals surface area contributed by atoms with E-state index in [1.165, 1.54) is 4.90 Å². The third kappa shape index (κ3) is 2.73. The van der Waals surface area contributed by atoms with Crippen LogP contribution in [-0.4, -0.2) is 18.0 Å². The second-order valence-corrected chi connectivity index (χ2v) is 10.0. The summed E-state index contributed by atoms with van der Waals surface area (Å²) in [6.45, 7) is 0. The second kappa shape index (κ2) is 7.74. The number of para-hydroxylation sites is 1. The molecule has 1 saturated heterocycles. The molecule has 4 aromatic rings. The summed E-state index contributed by atoms with van der Waals surface area (Å²) in [4.78, 5) is 34.6. The number of hydrogen-bond donors (Lipinski definition) is 0. The van der Waals surface area contributed by atoms with Gasteiger partial charge >= 0.3 is 0 Å². The first-order valence-corrected chi connectivity index (χ1v) is 12.4. The van der Waals surface area contributed by atoms with E-state index in [9.17, 15) is 9.59 Å². The SMILES string of the molecule is O=C1C2C3c4ccccc4C(C=Nc4ccc(Cl)cc4)(c4ccccc43)C2C(=O)N1c1ccccc1. The molecule has 3 aliphatic carbocycles. The zero-order chi connectivity index (χ0) is 24.4. The summed E-state index contributed by atoms with van der Waals surface area (Å²) in [5.74, 6) is -1.59. The summed E-state index contributed by atoms with van der Waals surface area (Å²) in [6.07, 6.45) is 1.90. The number of anilines is 1. The first kappa shape index (κ1) is 21.3. The van der Waals surface area contributed by atoms with Gasteiger partial charge in [-0.3, -0.25) is 14.6 Å². The predicted octanol–water partition coefficient (Wildman–Crippen LogP) is 6.29. The van der Waals surface area contributed by atoms with Gasteiger partial charge in [0.1, 0.15) is 0 Å². The highest BCUT2D eigenvalue weighted by molar-refractivity contribution is 6.30. The average molecular weight is 489 g/mol. The van der Waals surface area contributed by atoms with Crippen LogP contribution in [0.2, 0.25) is 5.02 Å². The smallest absolute Gasteiger partial charge is 0.239 e. The van der Waals surface area contributed by atoms with Crippen LogP contribution >= 0.6 is 11.6 Å². The predicted molar refractivity (Wildman–Crippen MR) is 141 cm³/mol. The fraction of sp³-hybridized carbons (Fsp3) is 0.129. The molecule has 0 spiro atoms. The molecule has 4 nitrogen and oxygen atoms in total. The maximum absolute atomic E-state index is 14.2. The van der Waals surface area contributed by atoms with Gasteiger partial charge in [-0.25, -0.2) is 4.90 Å². The zero-order valence-electron chi connectivity index (χ0n) is 19.2. The fourth-order valence-electron chi connectivity index (χ4n) is 6.58. The Morgan fingerprint density at radius 1 is 0.722 bits per heavy atom. The van der Waals surface area contributed by atoms with Crippen molar-refractivity contribution in [2.24, 2.45) is 16.8 Å². The number of aliphatic imine (C=N–C) groups is 1. The van der Waals surface area contributed by atoms with Crippen LogP contribution in [-0.2, 0) is 15.0 Å². The topological polar surface area (TPSA) is 49.7 Å². The van der Waals surface area contributed by atoms with E-state index in [4.69, 9.17) is 16.6 Å². The molecule has 1 heterocycles. The Morgan fingerprint density at radius 3 is 1.94 bits per heavy atom. The number of hydrogen-bond acceptors (Lipinski definition) is 3. The number of nitrogens with zero attached hydrogens (tertiary/aromatic N) is 2. The lowest BCUT2D eigenvalue weighted by atomic mass is 9.47. The van der Waals surface area contributed by atoms with E-state index in [0.717, 1.165) is 27.9 Å². The number of halogens is 1. The van der Waals surface area contributed by atoms with Crippen LogP contribution in [0, 0.1) is 11.8 Å². The highest BCUT2D eigenvalue weighted by Crippen LogP contribution is 2.63. The van der Waals surface area contributed by atoms with E-state index in [1.807, 2.05) is 72.9 Å². The largest absolute Gasteiger partial charge is 0.274 e. The van der Waals surface area contributed by atoms with E-state index >= 15 is 0 Å². The molecule has 2 atom stereocenters. The molecule has 0 saturated carbocycles. The quantitative estimate of drug-likeness (QED) is 0.251. The van der Waals surface area contributed by atoms with Crippen molar-refractivity contribution < 1.29 is 9.59 Å². The normalized spacial score (nSPS) is 25.7. The summed E-state index contributed by atoms with van der Waals surface area (Å²) in [5.41, 5.74) is 4.76. The summed E-state index contributed by atoms with van der Waals surface area (Å²) in [5, 5.41) is 0.635. The van der Waals surface area contributed by atoms with Crippen LogP contribution < -0.4 is 4.90 Å². The molecule has 36 heavy (non-hydrogen) atoms. The maximum Gasteiger partial charge on any atom is 0.239 e. The molecule has 0 aromatic heterocycles. The Labute approximate surface area is 213 Å². The third-order valence-electron chi connectivity index (χ3n) is 7.94. The molecule has 4 aromatic carbocycles. The highest BCUT2D eigenvalue weighted by atomic mass is 35.5. The standard InChI is InChI=1S/C31H21ClN2O2/c32-19-14-16-20(17-15-19)33-18-31-24-12-6-4-10-22(24)26(23-11-5-7-13-25(23)31)27-28(31)30(36)34(29(27)35)21-8-2-1-3-9-21/h1-18,26-28H. The van der Waals surface area contributed by atoms with Crippen LogP contribution in [0.3, 0.4) is 0 Å². The molecular formula is C31H21ClN2O2. The van der Waals surface area contributed by atoms with Crippen molar-refractivity contribution in [1.29, 1.82) is 0 Å². The first-order chi connectivity index (χ1) is 17.6. The average Bonchev–Trinajstić information content (AvgIpc) is 3.20. The number of carbonyl (C=O) groups is 2. The number of imide groups is 1. The van der Waals surface area contributed by atoms with Crippen molar-refractivity contribution in [3.05, 3.63) is 130 Å². The lowest BCUT2D eigenvalue weighted by molar-refractivity contribution is -0.122. The summed E-state index contributed by atoms with van der Waals surface area (Å²) >= 11 is 6.10. The minimum atomic E-state index is -0.873. The van der Waals surface area contributed by atoms with Crippen molar-refractivity contribution in [2.45, 2.75) is 11.3 Å². The molecule has 1 aliphatic heterocycles. The van der Waals surface area contributed by atoms with E-state index < -0.39 is 17.3 Å². The number of rotatable bonds is 3. The van der Waals surface area contributed by atoms with Gasteiger partial charge in [-0.2, -0.15) is 0 Å². The second-order valence-electron chi connectivity index (χ2n) is 9.61. The molecular weight excluding hydrogens is 468 g/mol. The molecule has 2 bridgehead atoms. The zero-order valence-corrected chi connectivity index (χ0v) is 20.0. The van der Waals surface area contributed by atoms with Crippen molar-refractivity contribution in [3.63, 3.8) is 0 Å². The summed E-state index contributed by atoms with van der Waals surface area (Å²) in [6, 6.07) is 33.0. The Hall–Kier alpha value is -4.02. The molecule has 8 rings (SSSR count). The summed E-state index contributed by atoms with van der Waals surface area (Å²) in [7, 11) is 0. The van der Waals surface area contributed by atoms with Crippen molar-refractivity contribution in [1.82, 2.24) is 0 Å². The van der Waals surface area contributed by atoms with Crippen LogP contribution in [0.25, 0.3) is 0 Å². The molecule has 0 N–H and O–H groups in total. The molecule has 2 amide bonds. The Morgan fingerprint density at radius 2 is 1.31 bits per heavy atom. The monoisotopic (exact) mass is 488 g/mol. The van der Waals surface area contributed by atoms with Gasteiger partial charge in [0.2, 0.25) is 11.8 Å². The van der Waals surface area contributed by atoms with E-state index in [2.05, 4.69) is 24.3 Å². The fourth-order valence-corrected chi connectivity index (χ4v) is 6.71. The molecule has 5 heteroatoms. The lowest BCUT2D eigenvalue weighted by Gasteiger charge is -2.52. The van der Waals surface area contributed by atoms with Crippen LogP contribution in [0.4, 0.5) is 11.4 Å².